The van der Waals surface area contributed by atoms with Gasteiger partial charge in [-0.05, 0) is 97.9 Å². The standard InChI is InChI=1S/C48H76N2.2C7H7.Pd/c1-6-11-14-17-18-19-20-21-22-23-24-25-26-29-32-44-39-47(45-35-40(9-4)33-42(37-45)30-27-15-12-7-2)50(49)48(44)46-36-41(10-5)34-43(38-46)31-28-16-13-8-3;2*1-7-5-3-2-4-6-7;/h33-39H,6-32H2,1-5H3;2*2-6H,1H2;. The van der Waals surface area contributed by atoms with Crippen LogP contribution in [0.25, 0.3) is 16.9 Å². The molecule has 2 nitrogen and oxygen atoms in total. The van der Waals surface area contributed by atoms with Crippen LogP contribution in [0.2, 0.25) is 0 Å². The number of nitrogens with zero attached hydrogens (tertiary/aromatic N) is 2. The van der Waals surface area contributed by atoms with Crippen molar-refractivity contribution in [3.8, 4) is 0 Å². The van der Waals surface area contributed by atoms with E-state index in [0.717, 1.165) is 67.0 Å². The molecule has 0 N–H and O–H groups in total. The van der Waals surface area contributed by atoms with E-state index in [4.69, 9.17) is 0 Å². The number of rotatable bonds is 33. The van der Waals surface area contributed by atoms with Crippen LogP contribution in [-0.4, -0.2) is 4.70 Å². The van der Waals surface area contributed by atoms with Crippen LogP contribution in [0.4, 0.5) is 0 Å². The van der Waals surface area contributed by atoms with Crippen LogP contribution in [0.1, 0.15) is 227 Å². The van der Waals surface area contributed by atoms with Crippen molar-refractivity contribution >= 4 is 11.4 Å². The van der Waals surface area contributed by atoms with Gasteiger partial charge in [-0.25, -0.2) is 4.70 Å². The molecule has 0 saturated carbocycles. The first-order chi connectivity index (χ1) is 32.0. The van der Waals surface area contributed by atoms with Crippen LogP contribution in [0.15, 0.2) is 109 Å². The van der Waals surface area contributed by atoms with Crippen molar-refractivity contribution in [3.63, 3.8) is 0 Å². The number of benzene rings is 4. The zero-order valence-electron chi connectivity index (χ0n) is 42.0. The van der Waals surface area contributed by atoms with E-state index < -0.39 is 0 Å². The van der Waals surface area contributed by atoms with Crippen LogP contribution in [-0.2, 0) is 53.5 Å². The van der Waals surface area contributed by atoms with Crippen molar-refractivity contribution in [1.29, 1.82) is 0 Å². The molecule has 4 aromatic rings. The Hall–Kier alpha value is -3.38. The Labute approximate surface area is 408 Å². The summed E-state index contributed by atoms with van der Waals surface area (Å²) in [6.07, 6.45) is 37.1. The van der Waals surface area contributed by atoms with Crippen LogP contribution in [0.3, 0.4) is 0 Å². The Morgan fingerprint density at radius 2 is 0.754 bits per heavy atom. The third-order valence-corrected chi connectivity index (χ3v) is 15.1. The fourth-order valence-electron chi connectivity index (χ4n) is 9.11. The second-order valence-corrected chi connectivity index (χ2v) is 20.7. The maximum atomic E-state index is 12.0. The van der Waals surface area contributed by atoms with Crippen LogP contribution >= 0.6 is 0 Å². The van der Waals surface area contributed by atoms with Gasteiger partial charge in [0.15, 0.2) is 0 Å². The van der Waals surface area contributed by atoms with Gasteiger partial charge in [0.05, 0.1) is 0 Å². The molecule has 5 rings (SSSR count). The second-order valence-electron chi connectivity index (χ2n) is 18.8. The van der Waals surface area contributed by atoms with Gasteiger partial charge >= 0.3 is 99.6 Å². The summed E-state index contributed by atoms with van der Waals surface area (Å²) < 4.78 is 1.56. The van der Waals surface area contributed by atoms with Crippen LogP contribution in [0, 0.1) is 0 Å². The Balaban J connectivity index is 0.000000515. The number of allylic oxidation sites excluding steroid dienone is 2. The molecule has 0 saturated heterocycles. The van der Waals surface area contributed by atoms with E-state index in [1.807, 2.05) is 0 Å². The molecular weight excluding hydrogens is 879 g/mol. The first-order valence-electron chi connectivity index (χ1n) is 26.7. The van der Waals surface area contributed by atoms with E-state index in [0.29, 0.717) is 0 Å². The summed E-state index contributed by atoms with van der Waals surface area (Å²) in [5.41, 5.74) is 26.2. The summed E-state index contributed by atoms with van der Waals surface area (Å²) in [6, 6.07) is 35.7. The van der Waals surface area contributed by atoms with Gasteiger partial charge in [-0.15, -0.1) is 0 Å². The van der Waals surface area contributed by atoms with Crippen molar-refractivity contribution in [2.24, 2.45) is 0 Å². The van der Waals surface area contributed by atoms with Crippen LogP contribution < -0.4 is 0 Å². The molecule has 0 unspecified atom stereocenters. The number of hydrogen-bond donors (Lipinski definition) is 0. The molecule has 0 fully saturated rings. The zero-order chi connectivity index (χ0) is 46.2. The third-order valence-electron chi connectivity index (χ3n) is 13.1. The van der Waals surface area contributed by atoms with Crippen molar-refractivity contribution in [1.82, 2.24) is 0 Å². The Morgan fingerprint density at radius 1 is 0.385 bits per heavy atom. The molecule has 1 aliphatic heterocycles. The molecule has 0 bridgehead atoms. The van der Waals surface area contributed by atoms with Gasteiger partial charge in [0, 0.05) is 22.8 Å². The van der Waals surface area contributed by atoms with Crippen molar-refractivity contribution in [2.75, 3.05) is 0 Å². The number of hydrogen-bond acceptors (Lipinski definition) is 0. The van der Waals surface area contributed by atoms with Crippen molar-refractivity contribution in [3.05, 3.63) is 159 Å². The molecule has 358 valence electrons. The summed E-state index contributed by atoms with van der Waals surface area (Å²) in [4.78, 5) is 2.45. The predicted octanol–water partition coefficient (Wildman–Crippen LogP) is 19.2. The topological polar surface area (TPSA) is 25.3 Å². The molecule has 0 radical (unpaired) electrons. The monoisotopic (exact) mass is 969 g/mol. The average Bonchev–Trinajstić information content (AvgIpc) is 3.67. The van der Waals surface area contributed by atoms with E-state index in [1.165, 1.54) is 196 Å². The predicted molar refractivity (Wildman–Crippen MR) is 281 cm³/mol. The van der Waals surface area contributed by atoms with E-state index in [2.05, 4.69) is 138 Å². The molecule has 0 spiro atoms. The van der Waals surface area contributed by atoms with E-state index in [1.54, 1.807) is 4.70 Å². The minimum atomic E-state index is 0.793. The Bertz CT molecular complexity index is 1900. The van der Waals surface area contributed by atoms with Gasteiger partial charge in [-0.3, -0.25) is 0 Å². The molecular formula is C62H90N2Pd. The van der Waals surface area contributed by atoms with Gasteiger partial charge in [0.2, 0.25) is 11.4 Å². The summed E-state index contributed by atoms with van der Waals surface area (Å²) in [7, 11) is 0. The molecule has 3 heteroatoms. The Kier molecular flexibility index (Phi) is 28.4. The van der Waals surface area contributed by atoms with Gasteiger partial charge in [-0.2, -0.15) is 0 Å². The molecule has 0 aromatic heterocycles. The summed E-state index contributed by atoms with van der Waals surface area (Å²) in [5.74, 6) is 0. The summed E-state index contributed by atoms with van der Waals surface area (Å²) in [6.45, 7) is 11.4. The molecule has 0 aliphatic carbocycles. The first kappa shape index (κ1) is 54.2. The van der Waals surface area contributed by atoms with E-state index >= 15 is 0 Å². The number of aryl methyl sites for hydroxylation is 4. The van der Waals surface area contributed by atoms with Gasteiger partial charge in [0.25, 0.3) is 0 Å². The minimum absolute atomic E-state index is 0.793. The van der Waals surface area contributed by atoms with Crippen molar-refractivity contribution in [2.45, 2.75) is 218 Å². The fraction of sp³-hybridized carbons (Fsp3) is 0.548. The second kappa shape index (κ2) is 34.0. The number of unbranched alkanes of at least 4 members (excludes halogenated alkanes) is 19. The molecule has 4 aromatic carbocycles. The molecule has 65 heavy (non-hydrogen) atoms. The summed E-state index contributed by atoms with van der Waals surface area (Å²) in [5, 5.41) is 0. The van der Waals surface area contributed by atoms with Gasteiger partial charge < -0.3 is 5.53 Å². The zero-order valence-corrected chi connectivity index (χ0v) is 43.6. The Morgan fingerprint density at radius 3 is 1.20 bits per heavy atom. The van der Waals surface area contributed by atoms with Crippen LogP contribution in [0.5, 0.6) is 0 Å². The molecule has 0 atom stereocenters. The first-order valence-corrected chi connectivity index (χ1v) is 28.9. The molecule has 1 heterocycles. The quantitative estimate of drug-likeness (QED) is 0.0258. The van der Waals surface area contributed by atoms with Gasteiger partial charge in [0.1, 0.15) is 0 Å². The SMILES string of the molecule is CCCCCCCCCCCCCCCCC1=C(c2cc(CC)cc(CCCCCC)c2)[N+](=[N-])C(c2cc(CC)cc(CCCCCC)c2)=C1.c1ccc([CH2][Pd][CH2]c2ccccc2)cc1. The molecule has 0 amide bonds. The van der Waals surface area contributed by atoms with Crippen molar-refractivity contribution < 1.29 is 22.7 Å². The average molecular weight is 970 g/mol. The normalized spacial score (nSPS) is 12.5. The van der Waals surface area contributed by atoms with E-state index in [-0.39, 0.29) is 0 Å². The third kappa shape index (κ3) is 21.4. The van der Waals surface area contributed by atoms with E-state index in [9.17, 15) is 5.53 Å². The molecule has 1 aliphatic rings. The van der Waals surface area contributed by atoms with Gasteiger partial charge in [-0.1, -0.05) is 169 Å². The maximum absolute atomic E-state index is 12.0. The summed E-state index contributed by atoms with van der Waals surface area (Å²) >= 11 is 0.793. The fourth-order valence-corrected chi connectivity index (χ4v) is 10.9.